The zero-order valence-electron chi connectivity index (χ0n) is 14.5. The molecule has 0 bridgehead atoms. The summed E-state index contributed by atoms with van der Waals surface area (Å²) in [5.74, 6) is -0.0415. The van der Waals surface area contributed by atoms with Crippen molar-refractivity contribution >= 4 is 6.09 Å². The van der Waals surface area contributed by atoms with Gasteiger partial charge < -0.3 is 25.6 Å². The highest BCUT2D eigenvalue weighted by Gasteiger charge is 2.21. The molecule has 1 amide bonds. The minimum atomic E-state index is -0.525. The van der Waals surface area contributed by atoms with Crippen LogP contribution >= 0.6 is 0 Å². The highest BCUT2D eigenvalue weighted by molar-refractivity contribution is 5.68. The van der Waals surface area contributed by atoms with E-state index < -0.39 is 11.7 Å². The van der Waals surface area contributed by atoms with Crippen molar-refractivity contribution in [1.82, 2.24) is 10.6 Å². The monoisotopic (exact) mass is 324 g/mol. The number of alkyl carbamates (subject to hydrolysis) is 1. The van der Waals surface area contributed by atoms with E-state index in [-0.39, 0.29) is 23.5 Å². The summed E-state index contributed by atoms with van der Waals surface area (Å²) < 4.78 is 5.27. The molecule has 0 spiro atoms. The lowest BCUT2D eigenvalue weighted by atomic mass is 10.0. The summed E-state index contributed by atoms with van der Waals surface area (Å²) in [6.45, 7) is 10.6. The summed E-state index contributed by atoms with van der Waals surface area (Å²) in [4.78, 5) is 11.9. The fraction of sp³-hybridized carbons (Fsp3) is 0.588. The first-order valence-corrected chi connectivity index (χ1v) is 7.79. The molecule has 6 heteroatoms. The Bertz CT molecular complexity index is 524. The molecular weight excluding hydrogens is 296 g/mol. The SMILES string of the molecule is CC(C)C(CNCc1ccc(O)c(O)c1)NC(=O)OC(C)(C)C. The minimum absolute atomic E-state index is 0.0736. The smallest absolute Gasteiger partial charge is 0.407 e. The fourth-order valence-electron chi connectivity index (χ4n) is 1.96. The molecule has 1 aromatic rings. The number of nitrogens with one attached hydrogen (secondary N) is 2. The van der Waals surface area contributed by atoms with Crippen LogP contribution in [0.1, 0.15) is 40.2 Å². The van der Waals surface area contributed by atoms with E-state index in [0.717, 1.165) is 5.56 Å². The van der Waals surface area contributed by atoms with Crippen LogP contribution in [0.4, 0.5) is 4.79 Å². The molecule has 1 aromatic carbocycles. The summed E-state index contributed by atoms with van der Waals surface area (Å²) in [5, 5.41) is 24.9. The van der Waals surface area contributed by atoms with Crippen molar-refractivity contribution < 1.29 is 19.7 Å². The molecule has 1 rings (SSSR count). The molecule has 0 aromatic heterocycles. The number of hydrogen-bond donors (Lipinski definition) is 4. The fourth-order valence-corrected chi connectivity index (χ4v) is 1.96. The molecule has 0 saturated heterocycles. The first-order valence-electron chi connectivity index (χ1n) is 7.79. The number of phenols is 2. The Morgan fingerprint density at radius 3 is 2.39 bits per heavy atom. The van der Waals surface area contributed by atoms with Crippen LogP contribution in [0.2, 0.25) is 0 Å². The van der Waals surface area contributed by atoms with E-state index in [0.29, 0.717) is 13.1 Å². The second-order valence-electron chi connectivity index (χ2n) is 6.95. The summed E-state index contributed by atoms with van der Waals surface area (Å²) >= 11 is 0. The average Bonchev–Trinajstić information content (AvgIpc) is 2.39. The van der Waals surface area contributed by atoms with Gasteiger partial charge in [0.25, 0.3) is 0 Å². The van der Waals surface area contributed by atoms with Crippen molar-refractivity contribution in [3.63, 3.8) is 0 Å². The van der Waals surface area contributed by atoms with Crippen molar-refractivity contribution in [2.45, 2.75) is 52.8 Å². The molecule has 0 aliphatic heterocycles. The normalized spacial score (nSPS) is 13.0. The maximum Gasteiger partial charge on any atom is 0.407 e. The Hall–Kier alpha value is -1.95. The van der Waals surface area contributed by atoms with E-state index in [1.54, 1.807) is 6.07 Å². The van der Waals surface area contributed by atoms with Crippen molar-refractivity contribution in [2.75, 3.05) is 6.54 Å². The van der Waals surface area contributed by atoms with Crippen LogP contribution in [0.25, 0.3) is 0 Å². The third kappa shape index (κ3) is 7.23. The quantitative estimate of drug-likeness (QED) is 0.604. The van der Waals surface area contributed by atoms with Crippen LogP contribution in [0.3, 0.4) is 0 Å². The molecule has 0 radical (unpaired) electrons. The van der Waals surface area contributed by atoms with Crippen molar-refractivity contribution in [3.8, 4) is 11.5 Å². The minimum Gasteiger partial charge on any atom is -0.504 e. The molecule has 4 N–H and O–H groups in total. The van der Waals surface area contributed by atoms with E-state index >= 15 is 0 Å². The van der Waals surface area contributed by atoms with Gasteiger partial charge >= 0.3 is 6.09 Å². The molecule has 1 unspecified atom stereocenters. The third-order valence-electron chi connectivity index (χ3n) is 3.24. The standard InChI is InChI=1S/C17H28N2O4/c1-11(2)13(19-16(22)23-17(3,4)5)10-18-9-12-6-7-14(20)15(21)8-12/h6-8,11,13,18,20-21H,9-10H2,1-5H3,(H,19,22). The second-order valence-corrected chi connectivity index (χ2v) is 6.95. The second kappa shape index (κ2) is 8.06. The van der Waals surface area contributed by atoms with Crippen molar-refractivity contribution in [3.05, 3.63) is 23.8 Å². The topological polar surface area (TPSA) is 90.8 Å². The average molecular weight is 324 g/mol. The zero-order chi connectivity index (χ0) is 17.6. The maximum atomic E-state index is 11.9. The number of rotatable bonds is 6. The lowest BCUT2D eigenvalue weighted by molar-refractivity contribution is 0.0490. The van der Waals surface area contributed by atoms with E-state index in [1.807, 2.05) is 34.6 Å². The molecule has 1 atom stereocenters. The summed E-state index contributed by atoms with van der Waals surface area (Å²) in [5.41, 5.74) is 0.322. The van der Waals surface area contributed by atoms with Gasteiger partial charge in [-0.05, 0) is 44.4 Å². The number of aromatic hydroxyl groups is 2. The lowest BCUT2D eigenvalue weighted by Gasteiger charge is -2.26. The highest BCUT2D eigenvalue weighted by atomic mass is 16.6. The largest absolute Gasteiger partial charge is 0.504 e. The number of hydrogen-bond acceptors (Lipinski definition) is 5. The Kier molecular flexibility index (Phi) is 6.69. The van der Waals surface area contributed by atoms with Gasteiger partial charge in [-0.2, -0.15) is 0 Å². The van der Waals surface area contributed by atoms with Gasteiger partial charge in [0.05, 0.1) is 0 Å². The predicted molar refractivity (Wildman–Crippen MR) is 89.5 cm³/mol. The van der Waals surface area contributed by atoms with Crippen LogP contribution in [-0.4, -0.2) is 34.5 Å². The molecule has 23 heavy (non-hydrogen) atoms. The summed E-state index contributed by atoms with van der Waals surface area (Å²) in [6.07, 6.45) is -0.430. The van der Waals surface area contributed by atoms with Crippen LogP contribution in [0, 0.1) is 5.92 Å². The lowest BCUT2D eigenvalue weighted by Crippen LogP contribution is -2.46. The molecule has 0 aliphatic rings. The zero-order valence-corrected chi connectivity index (χ0v) is 14.5. The van der Waals surface area contributed by atoms with Gasteiger partial charge in [-0.3, -0.25) is 0 Å². The molecule has 0 heterocycles. The number of carbonyl (C=O) groups is 1. The van der Waals surface area contributed by atoms with Gasteiger partial charge in [0.2, 0.25) is 0 Å². The molecular formula is C17H28N2O4. The number of carbonyl (C=O) groups excluding carboxylic acids is 1. The van der Waals surface area contributed by atoms with Gasteiger partial charge in [-0.25, -0.2) is 4.79 Å². The molecule has 6 nitrogen and oxygen atoms in total. The van der Waals surface area contributed by atoms with Crippen LogP contribution in [0.5, 0.6) is 11.5 Å². The van der Waals surface area contributed by atoms with E-state index in [9.17, 15) is 15.0 Å². The molecule has 0 fully saturated rings. The number of ether oxygens (including phenoxy) is 1. The van der Waals surface area contributed by atoms with Gasteiger partial charge in [0, 0.05) is 19.1 Å². The number of amides is 1. The first kappa shape index (κ1) is 19.1. The van der Waals surface area contributed by atoms with E-state index in [2.05, 4.69) is 10.6 Å². The van der Waals surface area contributed by atoms with Crippen LogP contribution in [-0.2, 0) is 11.3 Å². The molecule has 0 aliphatic carbocycles. The third-order valence-corrected chi connectivity index (χ3v) is 3.24. The van der Waals surface area contributed by atoms with Crippen molar-refractivity contribution in [1.29, 1.82) is 0 Å². The Balaban J connectivity index is 2.50. The number of phenolic OH excluding ortho intramolecular Hbond substituents is 2. The van der Waals surface area contributed by atoms with Gasteiger partial charge in [-0.1, -0.05) is 19.9 Å². The van der Waals surface area contributed by atoms with Crippen LogP contribution in [0.15, 0.2) is 18.2 Å². The maximum absolute atomic E-state index is 11.9. The van der Waals surface area contributed by atoms with E-state index in [4.69, 9.17) is 4.74 Å². The summed E-state index contributed by atoms with van der Waals surface area (Å²) in [6, 6.07) is 4.61. The van der Waals surface area contributed by atoms with Gasteiger partial charge in [-0.15, -0.1) is 0 Å². The van der Waals surface area contributed by atoms with E-state index in [1.165, 1.54) is 12.1 Å². The Labute approximate surface area is 137 Å². The van der Waals surface area contributed by atoms with Crippen molar-refractivity contribution in [2.24, 2.45) is 5.92 Å². The Morgan fingerprint density at radius 1 is 1.22 bits per heavy atom. The van der Waals surface area contributed by atoms with Gasteiger partial charge in [0.1, 0.15) is 5.60 Å². The number of benzene rings is 1. The molecule has 0 saturated carbocycles. The van der Waals surface area contributed by atoms with Gasteiger partial charge in [0.15, 0.2) is 11.5 Å². The summed E-state index contributed by atoms with van der Waals surface area (Å²) in [7, 11) is 0. The first-order chi connectivity index (χ1) is 10.6. The Morgan fingerprint density at radius 2 is 1.87 bits per heavy atom. The molecule has 130 valence electrons. The predicted octanol–water partition coefficient (Wildman–Crippen LogP) is 2.74. The highest BCUT2D eigenvalue weighted by Crippen LogP contribution is 2.24. The van der Waals surface area contributed by atoms with Crippen LogP contribution < -0.4 is 10.6 Å².